The third-order valence-corrected chi connectivity index (χ3v) is 1.45. The van der Waals surface area contributed by atoms with Crippen LogP contribution in [0.5, 0.6) is 0 Å². The van der Waals surface area contributed by atoms with Crippen molar-refractivity contribution in [3.63, 3.8) is 0 Å². The van der Waals surface area contributed by atoms with Crippen LogP contribution in [0.4, 0.5) is 0 Å². The Labute approximate surface area is 62.7 Å². The molecule has 60 valence electrons. The zero-order valence-corrected chi connectivity index (χ0v) is 7.22. The molecular formula is C7H16N2O. The second-order valence-electron chi connectivity index (χ2n) is 2.09. The number of likely N-dealkylation sites (N-methyl/N-ethyl adjacent to an activating group) is 1. The van der Waals surface area contributed by atoms with E-state index in [2.05, 4.69) is 16.8 Å². The maximum atomic E-state index is 4.95. The SMILES string of the molecule is CCN(C)/C(COC)=N\C. The third-order valence-electron chi connectivity index (χ3n) is 1.45. The fraction of sp³-hybridized carbons (Fsp3) is 0.857. The highest BCUT2D eigenvalue weighted by atomic mass is 16.5. The molecule has 0 bridgehead atoms. The van der Waals surface area contributed by atoms with Crippen molar-refractivity contribution in [1.29, 1.82) is 0 Å². The zero-order valence-electron chi connectivity index (χ0n) is 7.22. The molecule has 10 heavy (non-hydrogen) atoms. The summed E-state index contributed by atoms with van der Waals surface area (Å²) in [6, 6.07) is 0. The van der Waals surface area contributed by atoms with E-state index in [0.717, 1.165) is 12.4 Å². The van der Waals surface area contributed by atoms with E-state index in [-0.39, 0.29) is 0 Å². The minimum absolute atomic E-state index is 0.598. The molecule has 0 fully saturated rings. The van der Waals surface area contributed by atoms with Crippen LogP contribution in [0.1, 0.15) is 6.92 Å². The molecule has 0 aliphatic heterocycles. The Morgan fingerprint density at radius 1 is 1.60 bits per heavy atom. The van der Waals surface area contributed by atoms with Crippen molar-refractivity contribution in [2.45, 2.75) is 6.92 Å². The minimum atomic E-state index is 0.598. The smallest absolute Gasteiger partial charge is 0.125 e. The first-order valence-electron chi connectivity index (χ1n) is 3.42. The zero-order chi connectivity index (χ0) is 7.98. The summed E-state index contributed by atoms with van der Waals surface area (Å²) >= 11 is 0. The number of methoxy groups -OCH3 is 1. The van der Waals surface area contributed by atoms with Crippen molar-refractivity contribution in [3.05, 3.63) is 0 Å². The Balaban J connectivity index is 3.82. The first-order valence-corrected chi connectivity index (χ1v) is 3.42. The van der Waals surface area contributed by atoms with Gasteiger partial charge in [-0.05, 0) is 6.92 Å². The van der Waals surface area contributed by atoms with Gasteiger partial charge < -0.3 is 9.64 Å². The lowest BCUT2D eigenvalue weighted by molar-refractivity contribution is 0.234. The van der Waals surface area contributed by atoms with Crippen LogP contribution in [0.2, 0.25) is 0 Å². The second kappa shape index (κ2) is 5.23. The van der Waals surface area contributed by atoms with Crippen LogP contribution in [0.15, 0.2) is 4.99 Å². The third kappa shape index (κ3) is 2.82. The molecule has 0 aliphatic rings. The maximum Gasteiger partial charge on any atom is 0.125 e. The average molecular weight is 144 g/mol. The normalized spacial score (nSPS) is 11.8. The molecule has 0 N–H and O–H groups in total. The summed E-state index contributed by atoms with van der Waals surface area (Å²) < 4.78 is 4.95. The lowest BCUT2D eigenvalue weighted by Gasteiger charge is -2.17. The molecule has 0 spiro atoms. The largest absolute Gasteiger partial charge is 0.377 e. The highest BCUT2D eigenvalue weighted by Crippen LogP contribution is 1.86. The van der Waals surface area contributed by atoms with Crippen molar-refractivity contribution in [1.82, 2.24) is 4.90 Å². The van der Waals surface area contributed by atoms with E-state index in [9.17, 15) is 0 Å². The van der Waals surface area contributed by atoms with Crippen LogP contribution in [0, 0.1) is 0 Å². The highest BCUT2D eigenvalue weighted by molar-refractivity contribution is 5.83. The Kier molecular flexibility index (Phi) is 4.94. The second-order valence-corrected chi connectivity index (χ2v) is 2.09. The predicted octanol–water partition coefficient (Wildman–Crippen LogP) is 0.613. The van der Waals surface area contributed by atoms with E-state index in [1.165, 1.54) is 0 Å². The van der Waals surface area contributed by atoms with Crippen LogP contribution in [0.3, 0.4) is 0 Å². The van der Waals surface area contributed by atoms with Crippen molar-refractivity contribution in [3.8, 4) is 0 Å². The Hall–Kier alpha value is -0.570. The minimum Gasteiger partial charge on any atom is -0.377 e. The highest BCUT2D eigenvalue weighted by Gasteiger charge is 2.00. The van der Waals surface area contributed by atoms with Gasteiger partial charge in [0.05, 0.1) is 0 Å². The Morgan fingerprint density at radius 2 is 2.20 bits per heavy atom. The number of nitrogens with zero attached hydrogens (tertiary/aromatic N) is 2. The molecule has 0 heterocycles. The van der Waals surface area contributed by atoms with Gasteiger partial charge in [0.2, 0.25) is 0 Å². The van der Waals surface area contributed by atoms with Gasteiger partial charge in [-0.25, -0.2) is 0 Å². The molecule has 0 amide bonds. The molecule has 0 atom stereocenters. The number of amidine groups is 1. The molecule has 0 aliphatic carbocycles. The summed E-state index contributed by atoms with van der Waals surface area (Å²) in [7, 11) is 5.45. The maximum absolute atomic E-state index is 4.95. The van der Waals surface area contributed by atoms with Crippen LogP contribution < -0.4 is 0 Å². The van der Waals surface area contributed by atoms with Gasteiger partial charge in [-0.1, -0.05) is 0 Å². The van der Waals surface area contributed by atoms with Crippen LogP contribution in [-0.4, -0.2) is 45.1 Å². The lowest BCUT2D eigenvalue weighted by atomic mass is 10.5. The number of aliphatic imine (C=N–C) groups is 1. The average Bonchev–Trinajstić information content (AvgIpc) is 1.99. The van der Waals surface area contributed by atoms with E-state index < -0.39 is 0 Å². The monoisotopic (exact) mass is 144 g/mol. The van der Waals surface area contributed by atoms with Crippen LogP contribution in [-0.2, 0) is 4.74 Å². The van der Waals surface area contributed by atoms with Gasteiger partial charge in [0.1, 0.15) is 12.4 Å². The fourth-order valence-electron chi connectivity index (χ4n) is 0.657. The summed E-state index contributed by atoms with van der Waals surface area (Å²) in [5, 5.41) is 0. The lowest BCUT2D eigenvalue weighted by Crippen LogP contribution is -2.29. The molecule has 0 saturated carbocycles. The molecule has 0 saturated heterocycles. The number of rotatable bonds is 3. The first-order chi connectivity index (χ1) is 4.76. The quantitative estimate of drug-likeness (QED) is 0.428. The van der Waals surface area contributed by atoms with E-state index in [4.69, 9.17) is 4.74 Å². The molecular weight excluding hydrogens is 128 g/mol. The summed E-state index contributed by atoms with van der Waals surface area (Å²) in [5.74, 6) is 0.991. The van der Waals surface area contributed by atoms with E-state index in [0.29, 0.717) is 6.61 Å². The van der Waals surface area contributed by atoms with Crippen molar-refractivity contribution in [2.75, 3.05) is 34.4 Å². The topological polar surface area (TPSA) is 24.8 Å². The Bertz CT molecular complexity index is 112. The van der Waals surface area contributed by atoms with Gasteiger partial charge in [0.25, 0.3) is 0 Å². The van der Waals surface area contributed by atoms with Crippen molar-refractivity contribution in [2.24, 2.45) is 4.99 Å². The summed E-state index contributed by atoms with van der Waals surface area (Å²) in [4.78, 5) is 6.13. The van der Waals surface area contributed by atoms with Crippen molar-refractivity contribution < 1.29 is 4.74 Å². The summed E-state index contributed by atoms with van der Waals surface area (Å²) in [6.45, 7) is 3.65. The molecule has 0 unspecified atom stereocenters. The van der Waals surface area contributed by atoms with Gasteiger partial charge >= 0.3 is 0 Å². The first kappa shape index (κ1) is 9.43. The molecule has 0 aromatic heterocycles. The summed E-state index contributed by atoms with van der Waals surface area (Å²) in [6.07, 6.45) is 0. The van der Waals surface area contributed by atoms with E-state index >= 15 is 0 Å². The van der Waals surface area contributed by atoms with Crippen LogP contribution in [0.25, 0.3) is 0 Å². The predicted molar refractivity (Wildman–Crippen MR) is 43.5 cm³/mol. The molecule has 3 nitrogen and oxygen atoms in total. The molecule has 0 aromatic carbocycles. The summed E-state index contributed by atoms with van der Waals surface area (Å²) in [5.41, 5.74) is 0. The van der Waals surface area contributed by atoms with Crippen LogP contribution >= 0.6 is 0 Å². The molecule has 0 radical (unpaired) electrons. The number of ether oxygens (including phenoxy) is 1. The molecule has 0 aromatic rings. The fourth-order valence-corrected chi connectivity index (χ4v) is 0.657. The van der Waals surface area contributed by atoms with E-state index in [1.54, 1.807) is 14.2 Å². The van der Waals surface area contributed by atoms with E-state index in [1.807, 2.05) is 7.05 Å². The van der Waals surface area contributed by atoms with Gasteiger partial charge in [-0.15, -0.1) is 0 Å². The van der Waals surface area contributed by atoms with Gasteiger partial charge in [-0.3, -0.25) is 4.99 Å². The molecule has 3 heteroatoms. The Morgan fingerprint density at radius 3 is 2.50 bits per heavy atom. The van der Waals surface area contributed by atoms with Crippen molar-refractivity contribution >= 4 is 5.84 Å². The van der Waals surface area contributed by atoms with Gasteiger partial charge in [-0.2, -0.15) is 0 Å². The van der Waals surface area contributed by atoms with Gasteiger partial charge in [0, 0.05) is 27.7 Å². The number of hydrogen-bond donors (Lipinski definition) is 0. The van der Waals surface area contributed by atoms with Gasteiger partial charge in [0.15, 0.2) is 0 Å². The molecule has 0 rings (SSSR count). The standard InChI is InChI=1S/C7H16N2O/c1-5-9(3)7(8-2)6-10-4/h5-6H2,1-4H3/b8-7-. The number of hydrogen-bond acceptors (Lipinski definition) is 2.